The number of carbonyl (C=O) groups is 1. The maximum Gasteiger partial charge on any atom is 0.248 e. The maximum atomic E-state index is 11.1. The van der Waals surface area contributed by atoms with Crippen molar-refractivity contribution in [2.45, 2.75) is 6.54 Å². The van der Waals surface area contributed by atoms with E-state index >= 15 is 0 Å². The highest BCUT2D eigenvalue weighted by atomic mass is 16.1. The summed E-state index contributed by atoms with van der Waals surface area (Å²) in [4.78, 5) is 21.7. The summed E-state index contributed by atoms with van der Waals surface area (Å²) in [6, 6.07) is 7.23. The van der Waals surface area contributed by atoms with Crippen LogP contribution in [0.2, 0.25) is 0 Å². The third-order valence-electron chi connectivity index (χ3n) is 3.53. The van der Waals surface area contributed by atoms with Crippen LogP contribution in [0, 0.1) is 0 Å². The minimum atomic E-state index is -0.423. The Bertz CT molecular complexity index is 824. The van der Waals surface area contributed by atoms with Gasteiger partial charge in [0.1, 0.15) is 12.1 Å². The van der Waals surface area contributed by atoms with E-state index in [0.29, 0.717) is 12.1 Å². The van der Waals surface area contributed by atoms with Gasteiger partial charge in [0.2, 0.25) is 5.91 Å². The number of hydrogen-bond acceptors (Lipinski definition) is 5. The molecule has 112 valence electrons. The molecule has 0 bridgehead atoms. The van der Waals surface area contributed by atoms with Crippen molar-refractivity contribution in [2.75, 3.05) is 11.9 Å². The first-order chi connectivity index (χ1) is 10.6. The lowest BCUT2D eigenvalue weighted by Gasteiger charge is -2.18. The van der Waals surface area contributed by atoms with E-state index in [1.165, 1.54) is 6.33 Å². The molecule has 0 spiro atoms. The van der Waals surface area contributed by atoms with Crippen molar-refractivity contribution in [1.29, 1.82) is 0 Å². The Labute approximate surface area is 127 Å². The number of nitrogens with zero attached hydrogens (tertiary/aromatic N) is 5. The Hall–Kier alpha value is -2.96. The molecular formula is C15H16N6O. The fraction of sp³-hybridized carbons (Fsp3) is 0.200. The van der Waals surface area contributed by atoms with Crippen molar-refractivity contribution in [3.05, 3.63) is 47.9 Å². The zero-order chi connectivity index (χ0) is 15.7. The normalized spacial score (nSPS) is 10.8. The summed E-state index contributed by atoms with van der Waals surface area (Å²) < 4.78 is 1.72. The van der Waals surface area contributed by atoms with E-state index in [9.17, 15) is 4.79 Å². The van der Waals surface area contributed by atoms with Gasteiger partial charge in [-0.25, -0.2) is 9.97 Å². The highest BCUT2D eigenvalue weighted by molar-refractivity contribution is 5.92. The molecule has 3 rings (SSSR count). The summed E-state index contributed by atoms with van der Waals surface area (Å²) in [6.07, 6.45) is 3.30. The number of fused-ring (bicyclic) bond motifs is 1. The predicted octanol–water partition coefficient (Wildman–Crippen LogP) is 1.10. The van der Waals surface area contributed by atoms with E-state index in [-0.39, 0.29) is 0 Å². The molecule has 1 aromatic carbocycles. The number of anilines is 1. The van der Waals surface area contributed by atoms with Crippen LogP contribution in [0.1, 0.15) is 15.9 Å². The zero-order valence-electron chi connectivity index (χ0n) is 12.4. The maximum absolute atomic E-state index is 11.1. The fourth-order valence-electron chi connectivity index (χ4n) is 2.38. The number of rotatable bonds is 4. The Morgan fingerprint density at radius 2 is 2.00 bits per heavy atom. The van der Waals surface area contributed by atoms with Gasteiger partial charge in [0.15, 0.2) is 5.65 Å². The average molecular weight is 296 g/mol. The van der Waals surface area contributed by atoms with Gasteiger partial charge < -0.3 is 10.6 Å². The van der Waals surface area contributed by atoms with Crippen molar-refractivity contribution in [3.8, 4) is 0 Å². The fourth-order valence-corrected chi connectivity index (χ4v) is 2.38. The van der Waals surface area contributed by atoms with Crippen LogP contribution in [0.3, 0.4) is 0 Å². The highest BCUT2D eigenvalue weighted by Gasteiger charge is 2.12. The van der Waals surface area contributed by atoms with Crippen LogP contribution in [0.5, 0.6) is 0 Å². The molecule has 2 heterocycles. The summed E-state index contributed by atoms with van der Waals surface area (Å²) in [5, 5.41) is 5.12. The molecule has 7 nitrogen and oxygen atoms in total. The summed E-state index contributed by atoms with van der Waals surface area (Å²) in [5.74, 6) is 0.393. The van der Waals surface area contributed by atoms with Crippen molar-refractivity contribution in [2.24, 2.45) is 12.8 Å². The predicted molar refractivity (Wildman–Crippen MR) is 83.4 cm³/mol. The summed E-state index contributed by atoms with van der Waals surface area (Å²) in [5.41, 5.74) is 7.60. The number of aryl methyl sites for hydroxylation is 1. The second-order valence-corrected chi connectivity index (χ2v) is 5.12. The summed E-state index contributed by atoms with van der Waals surface area (Å²) >= 11 is 0. The molecule has 0 aliphatic rings. The van der Waals surface area contributed by atoms with Gasteiger partial charge in [0, 0.05) is 26.2 Å². The topological polar surface area (TPSA) is 89.9 Å². The largest absolute Gasteiger partial charge is 0.366 e. The molecule has 0 unspecified atom stereocenters. The first-order valence-electron chi connectivity index (χ1n) is 6.79. The second kappa shape index (κ2) is 5.44. The molecular weight excluding hydrogens is 280 g/mol. The van der Waals surface area contributed by atoms with Gasteiger partial charge >= 0.3 is 0 Å². The molecule has 0 saturated carbocycles. The first-order valence-corrected chi connectivity index (χ1v) is 6.79. The van der Waals surface area contributed by atoms with Gasteiger partial charge in [-0.3, -0.25) is 9.48 Å². The monoisotopic (exact) mass is 296 g/mol. The third-order valence-corrected chi connectivity index (χ3v) is 3.53. The standard InChI is InChI=1S/C15H16N6O/c1-20(8-10-3-5-11(6-4-10)13(16)22)14-12-7-19-21(2)15(12)18-9-17-14/h3-7,9H,8H2,1-2H3,(H2,16,22). The van der Waals surface area contributed by atoms with Gasteiger partial charge in [-0.15, -0.1) is 0 Å². The molecule has 0 fully saturated rings. The molecule has 1 amide bonds. The molecule has 0 aliphatic carbocycles. The number of aromatic nitrogens is 4. The molecule has 3 aromatic rings. The van der Waals surface area contributed by atoms with Crippen molar-refractivity contribution >= 4 is 22.8 Å². The summed E-state index contributed by atoms with van der Waals surface area (Å²) in [7, 11) is 3.80. The first kappa shape index (κ1) is 14.0. The average Bonchev–Trinajstić information content (AvgIpc) is 2.89. The van der Waals surface area contributed by atoms with E-state index < -0.39 is 5.91 Å². The smallest absolute Gasteiger partial charge is 0.248 e. The molecule has 0 aliphatic heterocycles. The van der Waals surface area contributed by atoms with Crippen molar-refractivity contribution in [1.82, 2.24) is 19.7 Å². The van der Waals surface area contributed by atoms with Crippen molar-refractivity contribution in [3.63, 3.8) is 0 Å². The molecule has 2 aromatic heterocycles. The Kier molecular flexibility index (Phi) is 3.46. The van der Waals surface area contributed by atoms with E-state index in [1.54, 1.807) is 23.0 Å². The lowest BCUT2D eigenvalue weighted by Crippen LogP contribution is -2.18. The number of carbonyl (C=O) groups excluding carboxylic acids is 1. The van der Waals surface area contributed by atoms with E-state index in [4.69, 9.17) is 5.73 Å². The van der Waals surface area contributed by atoms with Crippen LogP contribution in [0.25, 0.3) is 11.0 Å². The van der Waals surface area contributed by atoms with Gasteiger partial charge in [-0.2, -0.15) is 5.10 Å². The van der Waals surface area contributed by atoms with Gasteiger partial charge in [-0.05, 0) is 17.7 Å². The lowest BCUT2D eigenvalue weighted by atomic mass is 10.1. The SMILES string of the molecule is CN(Cc1ccc(C(N)=O)cc1)c1ncnc2c1cnn2C. The minimum Gasteiger partial charge on any atom is -0.366 e. The number of primary amides is 1. The number of hydrogen-bond donors (Lipinski definition) is 1. The Morgan fingerprint density at radius 1 is 1.27 bits per heavy atom. The number of nitrogens with two attached hydrogens (primary N) is 1. The van der Waals surface area contributed by atoms with Crippen LogP contribution >= 0.6 is 0 Å². The molecule has 0 atom stereocenters. The second-order valence-electron chi connectivity index (χ2n) is 5.12. The molecule has 22 heavy (non-hydrogen) atoms. The lowest BCUT2D eigenvalue weighted by molar-refractivity contribution is 0.100. The van der Waals surface area contributed by atoms with Crippen LogP contribution in [-0.4, -0.2) is 32.7 Å². The van der Waals surface area contributed by atoms with Gasteiger partial charge in [0.05, 0.1) is 11.6 Å². The van der Waals surface area contributed by atoms with Crippen molar-refractivity contribution < 1.29 is 4.79 Å². The Morgan fingerprint density at radius 3 is 2.68 bits per heavy atom. The zero-order valence-corrected chi connectivity index (χ0v) is 12.4. The van der Waals surface area contributed by atoms with Crippen LogP contribution in [-0.2, 0) is 13.6 Å². The van der Waals surface area contributed by atoms with E-state index in [2.05, 4.69) is 15.1 Å². The molecule has 0 saturated heterocycles. The quantitative estimate of drug-likeness (QED) is 0.778. The molecule has 2 N–H and O–H groups in total. The van der Waals surface area contributed by atoms with Crippen LogP contribution in [0.15, 0.2) is 36.8 Å². The number of amides is 1. The molecule has 0 radical (unpaired) electrons. The van der Waals surface area contributed by atoms with E-state index in [0.717, 1.165) is 22.4 Å². The van der Waals surface area contributed by atoms with Gasteiger partial charge in [0.25, 0.3) is 0 Å². The van der Waals surface area contributed by atoms with Gasteiger partial charge in [-0.1, -0.05) is 12.1 Å². The molecule has 7 heteroatoms. The van der Waals surface area contributed by atoms with Crippen LogP contribution in [0.4, 0.5) is 5.82 Å². The highest BCUT2D eigenvalue weighted by Crippen LogP contribution is 2.22. The Balaban J connectivity index is 1.87. The third kappa shape index (κ3) is 2.48. The minimum absolute atomic E-state index is 0.423. The summed E-state index contributed by atoms with van der Waals surface area (Å²) in [6.45, 7) is 0.653. The number of benzene rings is 1. The van der Waals surface area contributed by atoms with E-state index in [1.807, 2.05) is 31.1 Å². The van der Waals surface area contributed by atoms with Crippen LogP contribution < -0.4 is 10.6 Å².